The monoisotopic (exact) mass is 362 g/mol. The van der Waals surface area contributed by atoms with Gasteiger partial charge in [0.1, 0.15) is 5.75 Å². The van der Waals surface area contributed by atoms with Crippen molar-refractivity contribution in [1.82, 2.24) is 5.01 Å². The van der Waals surface area contributed by atoms with Gasteiger partial charge in [-0.1, -0.05) is 42.5 Å². The molecular formula is C21H18N2O2S. The highest BCUT2D eigenvalue weighted by atomic mass is 32.1. The molecule has 0 fully saturated rings. The Morgan fingerprint density at radius 1 is 1.15 bits per heavy atom. The van der Waals surface area contributed by atoms with Crippen LogP contribution >= 0.6 is 11.3 Å². The smallest absolute Gasteiger partial charge is 0.275 e. The number of rotatable bonds is 4. The van der Waals surface area contributed by atoms with Gasteiger partial charge in [-0.3, -0.25) is 4.79 Å². The lowest BCUT2D eigenvalue weighted by Gasteiger charge is -2.21. The second-order valence-electron chi connectivity index (χ2n) is 6.07. The van der Waals surface area contributed by atoms with Crippen molar-refractivity contribution >= 4 is 23.0 Å². The molecule has 1 aliphatic rings. The number of benzene rings is 2. The van der Waals surface area contributed by atoms with Crippen LogP contribution in [0.5, 0.6) is 5.75 Å². The van der Waals surface area contributed by atoms with Crippen molar-refractivity contribution in [3.05, 3.63) is 88.1 Å². The van der Waals surface area contributed by atoms with Gasteiger partial charge in [-0.15, -0.1) is 0 Å². The Morgan fingerprint density at radius 2 is 2.00 bits per heavy atom. The number of amides is 1. The van der Waals surface area contributed by atoms with Crippen LogP contribution in [-0.2, 0) is 0 Å². The maximum atomic E-state index is 13.0. The summed E-state index contributed by atoms with van der Waals surface area (Å²) >= 11 is 1.51. The largest absolute Gasteiger partial charge is 0.497 e. The number of hydrogen-bond donors (Lipinski definition) is 0. The lowest BCUT2D eigenvalue weighted by molar-refractivity contribution is 0.0712. The Bertz CT molecular complexity index is 936. The normalized spacial score (nSPS) is 16.4. The molecule has 2 heterocycles. The maximum Gasteiger partial charge on any atom is 0.275 e. The number of carbonyl (C=O) groups excluding carboxylic acids is 1. The molecule has 2 aromatic carbocycles. The van der Waals surface area contributed by atoms with E-state index < -0.39 is 0 Å². The molecule has 0 aliphatic carbocycles. The molecule has 5 heteroatoms. The van der Waals surface area contributed by atoms with Gasteiger partial charge in [0.15, 0.2) is 0 Å². The molecule has 0 radical (unpaired) electrons. The third kappa shape index (κ3) is 3.13. The number of ether oxygens (including phenoxy) is 1. The minimum Gasteiger partial charge on any atom is -0.497 e. The third-order valence-electron chi connectivity index (χ3n) is 4.47. The van der Waals surface area contributed by atoms with Crippen molar-refractivity contribution < 1.29 is 9.53 Å². The minimum atomic E-state index is -0.107. The van der Waals surface area contributed by atoms with E-state index in [9.17, 15) is 4.79 Å². The molecule has 4 nitrogen and oxygen atoms in total. The van der Waals surface area contributed by atoms with Crippen LogP contribution in [0.1, 0.15) is 33.9 Å². The molecular weight excluding hydrogens is 344 g/mol. The Hall–Kier alpha value is -2.92. The number of thiophene rings is 1. The van der Waals surface area contributed by atoms with Crippen LogP contribution in [0, 0.1) is 0 Å². The van der Waals surface area contributed by atoms with Gasteiger partial charge in [-0.2, -0.15) is 16.4 Å². The third-order valence-corrected chi connectivity index (χ3v) is 5.16. The van der Waals surface area contributed by atoms with Gasteiger partial charge >= 0.3 is 0 Å². The molecule has 0 bridgehead atoms. The van der Waals surface area contributed by atoms with E-state index in [1.165, 1.54) is 11.3 Å². The molecule has 1 aliphatic heterocycles. The van der Waals surface area contributed by atoms with E-state index in [4.69, 9.17) is 9.84 Å². The number of carbonyl (C=O) groups is 1. The van der Waals surface area contributed by atoms with Gasteiger partial charge in [0, 0.05) is 17.4 Å². The van der Waals surface area contributed by atoms with E-state index in [-0.39, 0.29) is 11.9 Å². The number of hydrazone groups is 1. The molecule has 0 spiro atoms. The highest BCUT2D eigenvalue weighted by Gasteiger charge is 2.33. The fraction of sp³-hybridized carbons (Fsp3) is 0.143. The van der Waals surface area contributed by atoms with Crippen molar-refractivity contribution in [1.29, 1.82) is 0 Å². The van der Waals surface area contributed by atoms with Crippen molar-refractivity contribution in [3.8, 4) is 5.75 Å². The number of nitrogens with zero attached hydrogens (tertiary/aromatic N) is 2. The van der Waals surface area contributed by atoms with Gasteiger partial charge in [-0.05, 0) is 29.1 Å². The number of hydrogen-bond acceptors (Lipinski definition) is 4. The predicted octanol–water partition coefficient (Wildman–Crippen LogP) is 4.75. The zero-order chi connectivity index (χ0) is 17.9. The first-order valence-corrected chi connectivity index (χ1v) is 9.33. The van der Waals surface area contributed by atoms with Crippen LogP contribution in [0.4, 0.5) is 0 Å². The number of methoxy groups -OCH3 is 1. The van der Waals surface area contributed by atoms with E-state index >= 15 is 0 Å². The quantitative estimate of drug-likeness (QED) is 0.672. The summed E-state index contributed by atoms with van der Waals surface area (Å²) in [5.74, 6) is 0.710. The van der Waals surface area contributed by atoms with Crippen LogP contribution in [-0.4, -0.2) is 23.7 Å². The van der Waals surface area contributed by atoms with Crippen LogP contribution < -0.4 is 4.74 Å². The summed E-state index contributed by atoms with van der Waals surface area (Å²) in [7, 11) is 1.65. The summed E-state index contributed by atoms with van der Waals surface area (Å²) in [5, 5.41) is 10.1. The zero-order valence-corrected chi connectivity index (χ0v) is 15.1. The van der Waals surface area contributed by atoms with Gasteiger partial charge in [-0.25, -0.2) is 5.01 Å². The Morgan fingerprint density at radius 3 is 2.73 bits per heavy atom. The van der Waals surface area contributed by atoms with Crippen LogP contribution in [0.3, 0.4) is 0 Å². The molecule has 0 unspecified atom stereocenters. The second-order valence-corrected chi connectivity index (χ2v) is 6.85. The fourth-order valence-electron chi connectivity index (χ4n) is 3.13. The predicted molar refractivity (Wildman–Crippen MR) is 104 cm³/mol. The lowest BCUT2D eigenvalue weighted by Crippen LogP contribution is -2.26. The minimum absolute atomic E-state index is 0.0713. The first-order chi connectivity index (χ1) is 12.8. The van der Waals surface area contributed by atoms with E-state index in [0.717, 1.165) is 22.6 Å². The van der Waals surface area contributed by atoms with Crippen LogP contribution in [0.15, 0.2) is 76.5 Å². The summed E-state index contributed by atoms with van der Waals surface area (Å²) in [5.41, 5.74) is 3.62. The van der Waals surface area contributed by atoms with Crippen molar-refractivity contribution in [2.24, 2.45) is 5.10 Å². The molecule has 26 heavy (non-hydrogen) atoms. The van der Waals surface area contributed by atoms with Crippen LogP contribution in [0.25, 0.3) is 0 Å². The molecule has 130 valence electrons. The van der Waals surface area contributed by atoms with Gasteiger partial charge in [0.05, 0.1) is 24.4 Å². The molecule has 0 saturated heterocycles. The van der Waals surface area contributed by atoms with Gasteiger partial charge in [0.25, 0.3) is 5.91 Å². The Balaban J connectivity index is 1.72. The molecule has 3 aromatic rings. The summed E-state index contributed by atoms with van der Waals surface area (Å²) in [6.07, 6.45) is 0.674. The standard InChI is InChI=1S/C21H18N2O2S/c1-25-18-9-5-8-16(12-18)19-13-20(15-6-3-2-4-7-15)23(22-19)21(24)17-10-11-26-14-17/h2-12,14,20H,13H2,1H3/t20-/m1/s1. The topological polar surface area (TPSA) is 41.9 Å². The first kappa shape index (κ1) is 16.5. The Kier molecular flexibility index (Phi) is 4.54. The van der Waals surface area contributed by atoms with E-state index in [0.29, 0.717) is 12.0 Å². The average molecular weight is 362 g/mol. The summed E-state index contributed by atoms with van der Waals surface area (Å²) in [6.45, 7) is 0. The Labute approximate surface area is 156 Å². The first-order valence-electron chi connectivity index (χ1n) is 8.39. The van der Waals surface area contributed by atoms with Gasteiger partial charge in [0.2, 0.25) is 0 Å². The summed E-state index contributed by atoms with van der Waals surface area (Å²) < 4.78 is 5.32. The molecule has 0 saturated carbocycles. The molecule has 1 amide bonds. The van der Waals surface area contributed by atoms with Crippen LogP contribution in [0.2, 0.25) is 0 Å². The lowest BCUT2D eigenvalue weighted by atomic mass is 9.98. The second kappa shape index (κ2) is 7.14. The zero-order valence-electron chi connectivity index (χ0n) is 14.3. The summed E-state index contributed by atoms with van der Waals surface area (Å²) in [4.78, 5) is 13.0. The highest BCUT2D eigenvalue weighted by molar-refractivity contribution is 7.08. The van der Waals surface area contributed by atoms with Gasteiger partial charge < -0.3 is 4.74 Å². The highest BCUT2D eigenvalue weighted by Crippen LogP contribution is 2.34. The van der Waals surface area contributed by atoms with Crippen molar-refractivity contribution in [3.63, 3.8) is 0 Å². The van der Waals surface area contributed by atoms with E-state index in [2.05, 4.69) is 0 Å². The van der Waals surface area contributed by atoms with Crippen molar-refractivity contribution in [2.75, 3.05) is 7.11 Å². The molecule has 1 aromatic heterocycles. The average Bonchev–Trinajstić information content (AvgIpc) is 3.38. The molecule has 1 atom stereocenters. The molecule has 0 N–H and O–H groups in total. The SMILES string of the molecule is COc1cccc(C2=NN(C(=O)c3ccsc3)[C@@H](c3ccccc3)C2)c1. The van der Waals surface area contributed by atoms with Crippen molar-refractivity contribution in [2.45, 2.75) is 12.5 Å². The fourth-order valence-corrected chi connectivity index (χ4v) is 3.76. The summed E-state index contributed by atoms with van der Waals surface area (Å²) in [6, 6.07) is 19.6. The van der Waals surface area contributed by atoms with E-state index in [1.54, 1.807) is 12.1 Å². The maximum absolute atomic E-state index is 13.0. The van der Waals surface area contributed by atoms with E-state index in [1.807, 2.05) is 71.4 Å². The molecule has 4 rings (SSSR count).